The van der Waals surface area contributed by atoms with Crippen LogP contribution in [0.4, 0.5) is 5.82 Å². The molecule has 0 N–H and O–H groups in total. The molecule has 0 saturated carbocycles. The second-order valence-corrected chi connectivity index (χ2v) is 7.24. The van der Waals surface area contributed by atoms with Crippen molar-refractivity contribution < 1.29 is 4.74 Å². The van der Waals surface area contributed by atoms with E-state index >= 15 is 0 Å². The van der Waals surface area contributed by atoms with Crippen LogP contribution in [-0.2, 0) is 4.74 Å². The summed E-state index contributed by atoms with van der Waals surface area (Å²) in [5.74, 6) is 1.06. The van der Waals surface area contributed by atoms with Crippen LogP contribution < -0.4 is 4.90 Å². The molecule has 3 aromatic rings. The topological polar surface area (TPSA) is 41.5 Å². The van der Waals surface area contributed by atoms with Crippen LogP contribution in [0, 0.1) is 0 Å². The number of anilines is 1. The summed E-state index contributed by atoms with van der Waals surface area (Å²) in [4.78, 5) is 16.2. The average Bonchev–Trinajstić information content (AvgIpc) is 3.12. The van der Waals surface area contributed by atoms with Gasteiger partial charge in [0.05, 0.1) is 12.0 Å². The molecule has 3 heterocycles. The van der Waals surface area contributed by atoms with Gasteiger partial charge in [-0.3, -0.25) is 4.90 Å². The SMILES string of the molecule is COCCN1CCN(c2ncnc3sc(-c4ccccc4)cc23)CC1. The van der Waals surface area contributed by atoms with Crippen LogP contribution in [-0.4, -0.2) is 61.3 Å². The number of hydrogen-bond acceptors (Lipinski definition) is 6. The molecule has 0 spiro atoms. The quantitative estimate of drug-likeness (QED) is 0.704. The van der Waals surface area contributed by atoms with Crippen molar-refractivity contribution >= 4 is 27.4 Å². The monoisotopic (exact) mass is 354 g/mol. The third-order valence-electron chi connectivity index (χ3n) is 4.65. The first-order valence-corrected chi connectivity index (χ1v) is 9.43. The van der Waals surface area contributed by atoms with E-state index in [-0.39, 0.29) is 0 Å². The lowest BCUT2D eigenvalue weighted by atomic mass is 10.2. The van der Waals surface area contributed by atoms with Crippen LogP contribution in [0.25, 0.3) is 20.7 Å². The van der Waals surface area contributed by atoms with Crippen LogP contribution in [0.15, 0.2) is 42.7 Å². The van der Waals surface area contributed by atoms with Crippen molar-refractivity contribution in [2.75, 3.05) is 51.3 Å². The number of rotatable bonds is 5. The normalized spacial score (nSPS) is 15.8. The second kappa shape index (κ2) is 7.47. The predicted molar refractivity (Wildman–Crippen MR) is 103 cm³/mol. The number of thiophene rings is 1. The molecule has 0 bridgehead atoms. The summed E-state index contributed by atoms with van der Waals surface area (Å²) in [5, 5.41) is 1.16. The summed E-state index contributed by atoms with van der Waals surface area (Å²) < 4.78 is 5.18. The van der Waals surface area contributed by atoms with Gasteiger partial charge in [-0.25, -0.2) is 9.97 Å². The van der Waals surface area contributed by atoms with Crippen LogP contribution >= 0.6 is 11.3 Å². The number of nitrogens with zero attached hydrogens (tertiary/aromatic N) is 4. The van der Waals surface area contributed by atoms with Gasteiger partial charge in [-0.15, -0.1) is 11.3 Å². The van der Waals surface area contributed by atoms with Crippen LogP contribution in [0.3, 0.4) is 0 Å². The fourth-order valence-corrected chi connectivity index (χ4v) is 4.24. The number of piperazine rings is 1. The van der Waals surface area contributed by atoms with Gasteiger partial charge in [-0.2, -0.15) is 0 Å². The van der Waals surface area contributed by atoms with Crippen LogP contribution in [0.2, 0.25) is 0 Å². The maximum atomic E-state index is 5.18. The van der Waals surface area contributed by atoms with E-state index in [1.165, 1.54) is 10.4 Å². The number of aromatic nitrogens is 2. The maximum absolute atomic E-state index is 5.18. The molecule has 0 unspecified atom stereocenters. The molecule has 130 valence electrons. The van der Waals surface area contributed by atoms with Crippen molar-refractivity contribution in [1.82, 2.24) is 14.9 Å². The minimum absolute atomic E-state index is 0.794. The van der Waals surface area contributed by atoms with E-state index in [2.05, 4.69) is 50.1 Å². The third-order valence-corrected chi connectivity index (χ3v) is 5.74. The Morgan fingerprint density at radius 3 is 2.64 bits per heavy atom. The Morgan fingerprint density at radius 1 is 1.08 bits per heavy atom. The van der Waals surface area contributed by atoms with Gasteiger partial charge >= 0.3 is 0 Å². The van der Waals surface area contributed by atoms with Crippen molar-refractivity contribution in [2.45, 2.75) is 0 Å². The van der Waals surface area contributed by atoms with Gasteiger partial charge in [-0.05, 0) is 11.6 Å². The summed E-state index contributed by atoms with van der Waals surface area (Å²) in [6.07, 6.45) is 1.69. The summed E-state index contributed by atoms with van der Waals surface area (Å²) in [6.45, 7) is 5.87. The lowest BCUT2D eigenvalue weighted by molar-refractivity contribution is 0.144. The number of methoxy groups -OCH3 is 1. The lowest BCUT2D eigenvalue weighted by Crippen LogP contribution is -2.47. The smallest absolute Gasteiger partial charge is 0.140 e. The Morgan fingerprint density at radius 2 is 1.88 bits per heavy atom. The van der Waals surface area contributed by atoms with Gasteiger partial charge in [0.1, 0.15) is 17.0 Å². The van der Waals surface area contributed by atoms with E-state index in [0.717, 1.165) is 55.4 Å². The Kier molecular flexibility index (Phi) is 4.92. The molecule has 6 heteroatoms. The molecule has 0 amide bonds. The molecule has 2 aromatic heterocycles. The largest absolute Gasteiger partial charge is 0.383 e. The Balaban J connectivity index is 1.57. The maximum Gasteiger partial charge on any atom is 0.140 e. The van der Waals surface area contributed by atoms with E-state index in [1.807, 2.05) is 6.07 Å². The number of benzene rings is 1. The highest BCUT2D eigenvalue weighted by atomic mass is 32.1. The Hall–Kier alpha value is -2.02. The molecule has 0 aliphatic carbocycles. The molecule has 25 heavy (non-hydrogen) atoms. The zero-order valence-electron chi connectivity index (χ0n) is 14.4. The molecular weight excluding hydrogens is 332 g/mol. The zero-order chi connectivity index (χ0) is 17.1. The second-order valence-electron chi connectivity index (χ2n) is 6.21. The summed E-state index contributed by atoms with van der Waals surface area (Å²) in [5.41, 5.74) is 1.24. The Bertz CT molecular complexity index is 828. The van der Waals surface area contributed by atoms with E-state index in [9.17, 15) is 0 Å². The molecule has 1 fully saturated rings. The molecule has 1 aliphatic rings. The predicted octanol–water partition coefficient (Wildman–Crippen LogP) is 3.13. The first-order chi connectivity index (χ1) is 12.3. The fraction of sp³-hybridized carbons (Fsp3) is 0.368. The van der Waals surface area contributed by atoms with Gasteiger partial charge in [0, 0.05) is 44.7 Å². The van der Waals surface area contributed by atoms with Crippen molar-refractivity contribution in [3.05, 3.63) is 42.7 Å². The first kappa shape index (κ1) is 16.4. The van der Waals surface area contributed by atoms with Crippen molar-refractivity contribution in [3.8, 4) is 10.4 Å². The number of fused-ring (bicyclic) bond motifs is 1. The van der Waals surface area contributed by atoms with E-state index in [0.29, 0.717) is 0 Å². The third kappa shape index (κ3) is 3.51. The van der Waals surface area contributed by atoms with E-state index in [1.54, 1.807) is 24.8 Å². The molecule has 0 atom stereocenters. The number of ether oxygens (including phenoxy) is 1. The van der Waals surface area contributed by atoms with Gasteiger partial charge < -0.3 is 9.64 Å². The van der Waals surface area contributed by atoms with Gasteiger partial charge in [0.15, 0.2) is 0 Å². The van der Waals surface area contributed by atoms with Gasteiger partial charge in [0.25, 0.3) is 0 Å². The van der Waals surface area contributed by atoms with Gasteiger partial charge in [0.2, 0.25) is 0 Å². The Labute approximate surface area is 151 Å². The lowest BCUT2D eigenvalue weighted by Gasteiger charge is -2.35. The van der Waals surface area contributed by atoms with Crippen LogP contribution in [0.5, 0.6) is 0 Å². The minimum Gasteiger partial charge on any atom is -0.383 e. The van der Waals surface area contributed by atoms with Crippen LogP contribution in [0.1, 0.15) is 0 Å². The van der Waals surface area contributed by atoms with Gasteiger partial charge in [-0.1, -0.05) is 30.3 Å². The highest BCUT2D eigenvalue weighted by Gasteiger charge is 2.20. The molecule has 4 rings (SSSR count). The molecule has 5 nitrogen and oxygen atoms in total. The molecular formula is C19H22N4OS. The van der Waals surface area contributed by atoms with Crippen molar-refractivity contribution in [3.63, 3.8) is 0 Å². The summed E-state index contributed by atoms with van der Waals surface area (Å²) >= 11 is 1.74. The minimum atomic E-state index is 0.794. The van der Waals surface area contributed by atoms with Crippen molar-refractivity contribution in [2.24, 2.45) is 0 Å². The standard InChI is InChI=1S/C19H22N4OS/c1-24-12-11-22-7-9-23(10-8-22)18-16-13-17(15-5-3-2-4-6-15)25-19(16)21-14-20-18/h2-6,13-14H,7-12H2,1H3. The molecule has 1 aliphatic heterocycles. The van der Waals surface area contributed by atoms with E-state index in [4.69, 9.17) is 4.74 Å². The molecule has 0 radical (unpaired) electrons. The van der Waals surface area contributed by atoms with E-state index < -0.39 is 0 Å². The summed E-state index contributed by atoms with van der Waals surface area (Å²) in [7, 11) is 1.76. The molecule has 1 saturated heterocycles. The zero-order valence-corrected chi connectivity index (χ0v) is 15.2. The summed E-state index contributed by atoms with van der Waals surface area (Å²) in [6, 6.07) is 12.7. The average molecular weight is 354 g/mol. The molecule has 1 aromatic carbocycles. The highest BCUT2D eigenvalue weighted by Crippen LogP contribution is 2.36. The number of hydrogen-bond donors (Lipinski definition) is 0. The first-order valence-electron chi connectivity index (χ1n) is 8.61. The highest BCUT2D eigenvalue weighted by molar-refractivity contribution is 7.21. The fourth-order valence-electron chi connectivity index (χ4n) is 3.24. The van der Waals surface area contributed by atoms with Crippen molar-refractivity contribution in [1.29, 1.82) is 0 Å².